The number of likely N-dealkylation sites (N-methyl/N-ethyl adjacent to an activating group) is 1. The molecule has 2 aromatic carbocycles. The number of amides is 3. The van der Waals surface area contributed by atoms with Gasteiger partial charge in [-0.25, -0.2) is 0 Å². The molecule has 1 N–H and O–H groups in total. The number of Topliss-reactive ketones (excluding diaryl/α,β-unsaturated/α-hetero) is 1. The Morgan fingerprint density at radius 3 is 2.50 bits per heavy atom. The van der Waals surface area contributed by atoms with E-state index in [2.05, 4.69) is 5.32 Å². The fourth-order valence-corrected chi connectivity index (χ4v) is 4.32. The van der Waals surface area contributed by atoms with Gasteiger partial charge in [-0.15, -0.1) is 0 Å². The number of likely N-dealkylation sites (tertiary alicyclic amines) is 1. The van der Waals surface area contributed by atoms with Crippen LogP contribution in [0.1, 0.15) is 34.8 Å². The first-order valence-electron chi connectivity index (χ1n) is 11.8. The predicted molar refractivity (Wildman–Crippen MR) is 136 cm³/mol. The van der Waals surface area contributed by atoms with Gasteiger partial charge in [0.15, 0.2) is 0 Å². The van der Waals surface area contributed by atoms with Crippen LogP contribution in [0.15, 0.2) is 42.5 Å². The van der Waals surface area contributed by atoms with Crippen LogP contribution in [0.2, 0.25) is 10.0 Å². The molecule has 1 fully saturated rings. The van der Waals surface area contributed by atoms with E-state index in [0.717, 1.165) is 28.7 Å². The van der Waals surface area contributed by atoms with Crippen LogP contribution < -0.4 is 5.32 Å². The van der Waals surface area contributed by atoms with Crippen LogP contribution in [-0.4, -0.2) is 66.0 Å². The van der Waals surface area contributed by atoms with Crippen molar-refractivity contribution in [3.63, 3.8) is 0 Å². The van der Waals surface area contributed by atoms with Crippen molar-refractivity contribution < 1.29 is 32.3 Å². The SMILES string of the molecule is CC(CCc1ccc(Cl)c(Cl)c1)NC(=O)C1CN(CCN(C)C(=O)c2cccc(C(F)(F)F)c2)C(=O)C1=O. The van der Waals surface area contributed by atoms with Crippen LogP contribution in [0.4, 0.5) is 13.2 Å². The van der Waals surface area contributed by atoms with Crippen molar-refractivity contribution in [3.05, 3.63) is 69.2 Å². The largest absolute Gasteiger partial charge is 0.416 e. The number of alkyl halides is 3. The third-order valence-corrected chi connectivity index (χ3v) is 7.00. The molecule has 38 heavy (non-hydrogen) atoms. The number of benzene rings is 2. The van der Waals surface area contributed by atoms with Gasteiger partial charge in [-0.3, -0.25) is 19.2 Å². The summed E-state index contributed by atoms with van der Waals surface area (Å²) in [6.07, 6.45) is -3.42. The van der Waals surface area contributed by atoms with E-state index in [1.165, 1.54) is 18.0 Å². The number of nitrogens with zero attached hydrogens (tertiary/aromatic N) is 2. The topological polar surface area (TPSA) is 86.8 Å². The van der Waals surface area contributed by atoms with Crippen LogP contribution in [0, 0.1) is 5.92 Å². The number of aryl methyl sites for hydroxylation is 1. The fourth-order valence-electron chi connectivity index (χ4n) is 4.00. The fraction of sp³-hybridized carbons (Fsp3) is 0.385. The van der Waals surface area contributed by atoms with E-state index in [0.29, 0.717) is 22.9 Å². The van der Waals surface area contributed by atoms with Crippen LogP contribution >= 0.6 is 23.2 Å². The minimum absolute atomic E-state index is 0.0392. The third-order valence-electron chi connectivity index (χ3n) is 6.26. The Labute approximate surface area is 227 Å². The smallest absolute Gasteiger partial charge is 0.353 e. The zero-order valence-corrected chi connectivity index (χ0v) is 22.2. The second kappa shape index (κ2) is 12.2. The van der Waals surface area contributed by atoms with Gasteiger partial charge >= 0.3 is 6.18 Å². The van der Waals surface area contributed by atoms with Crippen molar-refractivity contribution in [1.29, 1.82) is 0 Å². The predicted octanol–water partition coefficient (Wildman–Crippen LogP) is 4.25. The summed E-state index contributed by atoms with van der Waals surface area (Å²) in [7, 11) is 1.38. The molecular weight excluding hydrogens is 546 g/mol. The molecule has 1 aliphatic rings. The van der Waals surface area contributed by atoms with Gasteiger partial charge in [-0.05, 0) is 55.7 Å². The van der Waals surface area contributed by atoms with Crippen molar-refractivity contribution >= 4 is 46.7 Å². The summed E-state index contributed by atoms with van der Waals surface area (Å²) in [6, 6.07) is 8.99. The van der Waals surface area contributed by atoms with E-state index in [1.807, 2.05) is 6.07 Å². The van der Waals surface area contributed by atoms with E-state index in [-0.39, 0.29) is 31.2 Å². The summed E-state index contributed by atoms with van der Waals surface area (Å²) in [4.78, 5) is 52.5. The maximum Gasteiger partial charge on any atom is 0.416 e. The molecule has 0 radical (unpaired) electrons. The summed E-state index contributed by atoms with van der Waals surface area (Å²) in [5.74, 6) is -4.10. The molecule has 0 aliphatic carbocycles. The zero-order chi connectivity index (χ0) is 28.2. The van der Waals surface area contributed by atoms with Gasteiger partial charge in [-0.2, -0.15) is 13.2 Å². The summed E-state index contributed by atoms with van der Waals surface area (Å²) >= 11 is 11.9. The van der Waals surface area contributed by atoms with E-state index < -0.39 is 41.2 Å². The quantitative estimate of drug-likeness (QED) is 0.360. The highest BCUT2D eigenvalue weighted by atomic mass is 35.5. The van der Waals surface area contributed by atoms with E-state index >= 15 is 0 Å². The van der Waals surface area contributed by atoms with E-state index in [1.54, 1.807) is 19.1 Å². The molecule has 3 rings (SSSR count). The monoisotopic (exact) mass is 571 g/mol. The lowest BCUT2D eigenvalue weighted by Gasteiger charge is -2.22. The number of hydrogen-bond donors (Lipinski definition) is 1. The van der Waals surface area contributed by atoms with E-state index in [9.17, 15) is 32.3 Å². The molecule has 2 aromatic rings. The molecule has 1 saturated heterocycles. The average Bonchev–Trinajstić information content (AvgIpc) is 3.15. The van der Waals surface area contributed by atoms with Crippen molar-refractivity contribution in [2.75, 3.05) is 26.7 Å². The highest BCUT2D eigenvalue weighted by Gasteiger charge is 2.43. The summed E-state index contributed by atoms with van der Waals surface area (Å²) < 4.78 is 38.9. The number of nitrogens with one attached hydrogen (secondary N) is 1. The Hall–Kier alpha value is -3.11. The second-order valence-corrected chi connectivity index (χ2v) is 9.98. The minimum Gasteiger partial charge on any atom is -0.353 e. The Balaban J connectivity index is 1.51. The lowest BCUT2D eigenvalue weighted by atomic mass is 10.0. The van der Waals surface area contributed by atoms with Gasteiger partial charge in [0.1, 0.15) is 5.92 Å². The average molecular weight is 572 g/mol. The normalized spacial score (nSPS) is 16.5. The van der Waals surface area contributed by atoms with Crippen LogP contribution in [0.25, 0.3) is 0 Å². The first kappa shape index (κ1) is 29.4. The number of hydrogen-bond acceptors (Lipinski definition) is 4. The zero-order valence-electron chi connectivity index (χ0n) is 20.6. The van der Waals surface area contributed by atoms with Gasteiger partial charge in [0.2, 0.25) is 11.7 Å². The Bertz CT molecular complexity index is 1240. The van der Waals surface area contributed by atoms with Crippen LogP contribution in [0.5, 0.6) is 0 Å². The summed E-state index contributed by atoms with van der Waals surface area (Å²) in [5.41, 5.74) is -0.169. The molecule has 1 heterocycles. The molecule has 0 saturated carbocycles. The number of halogens is 5. The van der Waals surface area contributed by atoms with Gasteiger partial charge < -0.3 is 15.1 Å². The Morgan fingerprint density at radius 1 is 1.13 bits per heavy atom. The van der Waals surface area contributed by atoms with Crippen LogP contribution in [-0.2, 0) is 27.0 Å². The maximum atomic E-state index is 13.0. The highest BCUT2D eigenvalue weighted by Crippen LogP contribution is 2.30. The molecule has 2 unspecified atom stereocenters. The van der Waals surface area contributed by atoms with Crippen molar-refractivity contribution in [1.82, 2.24) is 15.1 Å². The minimum atomic E-state index is -4.59. The van der Waals surface area contributed by atoms with Gasteiger partial charge in [0, 0.05) is 38.3 Å². The van der Waals surface area contributed by atoms with Crippen molar-refractivity contribution in [3.8, 4) is 0 Å². The lowest BCUT2D eigenvalue weighted by molar-refractivity contribution is -0.142. The number of rotatable bonds is 9. The van der Waals surface area contributed by atoms with Crippen LogP contribution in [0.3, 0.4) is 0 Å². The number of carbonyl (C=O) groups is 4. The van der Waals surface area contributed by atoms with Gasteiger partial charge in [0.05, 0.1) is 15.6 Å². The Kier molecular flexibility index (Phi) is 9.43. The lowest BCUT2D eigenvalue weighted by Crippen LogP contribution is -2.41. The molecule has 12 heteroatoms. The molecule has 0 aromatic heterocycles. The molecule has 3 amide bonds. The second-order valence-electron chi connectivity index (χ2n) is 9.17. The highest BCUT2D eigenvalue weighted by molar-refractivity contribution is 6.42. The summed E-state index contributed by atoms with van der Waals surface area (Å²) in [6.45, 7) is 1.54. The molecule has 204 valence electrons. The number of ketones is 1. The number of carbonyl (C=O) groups excluding carboxylic acids is 4. The van der Waals surface area contributed by atoms with E-state index in [4.69, 9.17) is 23.2 Å². The molecule has 0 bridgehead atoms. The molecule has 2 atom stereocenters. The van der Waals surface area contributed by atoms with Crippen molar-refractivity contribution in [2.45, 2.75) is 32.0 Å². The molecular formula is C26H26Cl2F3N3O4. The Morgan fingerprint density at radius 2 is 1.84 bits per heavy atom. The molecule has 7 nitrogen and oxygen atoms in total. The summed E-state index contributed by atoms with van der Waals surface area (Å²) in [5, 5.41) is 3.63. The van der Waals surface area contributed by atoms with Gasteiger partial charge in [-0.1, -0.05) is 35.3 Å². The first-order valence-corrected chi connectivity index (χ1v) is 12.5. The third kappa shape index (κ3) is 7.26. The maximum absolute atomic E-state index is 13.0. The van der Waals surface area contributed by atoms with Gasteiger partial charge in [0.25, 0.3) is 11.8 Å². The molecule has 1 aliphatic heterocycles. The first-order chi connectivity index (χ1) is 17.8. The standard InChI is InChI=1S/C26H26Cl2F3N3O4/c1-15(6-7-16-8-9-20(27)21(28)12-16)32-23(36)19-14-34(25(38)22(19)35)11-10-33(2)24(37)17-4-3-5-18(13-17)26(29,30)31/h3-5,8-9,12-13,15,19H,6-7,10-11,14H2,1-2H3,(H,32,36). The molecule has 0 spiro atoms. The van der Waals surface area contributed by atoms with Crippen molar-refractivity contribution in [2.24, 2.45) is 5.92 Å².